The van der Waals surface area contributed by atoms with Crippen LogP contribution in [0.3, 0.4) is 0 Å². The van der Waals surface area contributed by atoms with Crippen molar-refractivity contribution < 1.29 is 19.5 Å². The minimum atomic E-state index is -0.934. The van der Waals surface area contributed by atoms with Gasteiger partial charge in [-0.1, -0.05) is 30.4 Å². The summed E-state index contributed by atoms with van der Waals surface area (Å²) < 4.78 is 0. The summed E-state index contributed by atoms with van der Waals surface area (Å²) in [5.41, 5.74) is 3.82. The van der Waals surface area contributed by atoms with Crippen LogP contribution in [0.15, 0.2) is 11.1 Å². The van der Waals surface area contributed by atoms with Crippen LogP contribution in [-0.4, -0.2) is 28.9 Å². The molecule has 4 rings (SSSR count). The Morgan fingerprint density at radius 1 is 0.935 bits per heavy atom. The topological polar surface area (TPSA) is 95.5 Å². The largest absolute Gasteiger partial charge is 0.481 e. The van der Waals surface area contributed by atoms with Gasteiger partial charge < -0.3 is 15.7 Å². The number of allylic oxidation sites excluding steroid dienone is 2. The molecule has 0 saturated heterocycles. The number of carbonyl (C=O) groups excluding carboxylic acids is 2. The highest BCUT2D eigenvalue weighted by molar-refractivity contribution is 7.17. The number of rotatable bonds is 5. The normalized spacial score (nSPS) is 24.1. The molecule has 3 N–H and O–H groups in total. The van der Waals surface area contributed by atoms with Crippen molar-refractivity contribution in [1.82, 2.24) is 5.32 Å². The average Bonchev–Trinajstić information content (AvgIpc) is 3.30. The lowest BCUT2D eigenvalue weighted by Gasteiger charge is -2.29. The van der Waals surface area contributed by atoms with Crippen molar-refractivity contribution in [2.75, 3.05) is 5.32 Å². The molecule has 0 unspecified atom stereocenters. The first-order valence-electron chi connectivity index (χ1n) is 11.5. The molecular formula is C24H32N2O4S. The summed E-state index contributed by atoms with van der Waals surface area (Å²) in [6, 6.07) is 0.201. The Labute approximate surface area is 187 Å². The summed E-state index contributed by atoms with van der Waals surface area (Å²) in [6.45, 7) is 3.91. The molecule has 3 aliphatic carbocycles. The van der Waals surface area contributed by atoms with Gasteiger partial charge in [0, 0.05) is 10.9 Å². The second-order valence-corrected chi connectivity index (χ2v) is 10.5. The fourth-order valence-electron chi connectivity index (χ4n) is 5.27. The van der Waals surface area contributed by atoms with Crippen LogP contribution in [0.2, 0.25) is 0 Å². The van der Waals surface area contributed by atoms with Gasteiger partial charge in [0.2, 0.25) is 5.91 Å². The maximum absolute atomic E-state index is 13.2. The second kappa shape index (κ2) is 9.15. The van der Waals surface area contributed by atoms with Crippen LogP contribution in [0.4, 0.5) is 5.00 Å². The third-order valence-electron chi connectivity index (χ3n) is 7.25. The Morgan fingerprint density at radius 2 is 1.61 bits per heavy atom. The molecule has 3 aliphatic rings. The number of nitrogens with one attached hydrogen (secondary N) is 2. The molecule has 0 spiro atoms. The summed E-state index contributed by atoms with van der Waals surface area (Å²) in [4.78, 5) is 39.4. The van der Waals surface area contributed by atoms with Gasteiger partial charge in [0.1, 0.15) is 5.00 Å². The van der Waals surface area contributed by atoms with E-state index in [0.29, 0.717) is 23.4 Å². The van der Waals surface area contributed by atoms with Gasteiger partial charge in [0.15, 0.2) is 0 Å². The maximum Gasteiger partial charge on any atom is 0.307 e. The average molecular weight is 445 g/mol. The van der Waals surface area contributed by atoms with Gasteiger partial charge in [0.05, 0.1) is 17.4 Å². The van der Waals surface area contributed by atoms with Gasteiger partial charge in [-0.3, -0.25) is 14.4 Å². The number of amides is 2. The number of fused-ring (bicyclic) bond motifs is 1. The molecule has 0 bridgehead atoms. The van der Waals surface area contributed by atoms with Crippen molar-refractivity contribution in [3.8, 4) is 0 Å². The van der Waals surface area contributed by atoms with E-state index in [-0.39, 0.29) is 17.9 Å². The van der Waals surface area contributed by atoms with Crippen LogP contribution >= 0.6 is 11.3 Å². The first-order chi connectivity index (χ1) is 14.8. The van der Waals surface area contributed by atoms with Gasteiger partial charge >= 0.3 is 5.97 Å². The summed E-state index contributed by atoms with van der Waals surface area (Å²) in [6.07, 6.45) is 9.19. The van der Waals surface area contributed by atoms with E-state index in [1.807, 2.05) is 13.8 Å². The molecule has 1 aromatic heterocycles. The molecule has 1 saturated carbocycles. The predicted molar refractivity (Wildman–Crippen MR) is 122 cm³/mol. The van der Waals surface area contributed by atoms with E-state index >= 15 is 0 Å². The van der Waals surface area contributed by atoms with Crippen molar-refractivity contribution in [1.29, 1.82) is 0 Å². The molecular weight excluding hydrogens is 412 g/mol. The number of aliphatic carboxylic acids is 1. The first-order valence-corrected chi connectivity index (χ1v) is 12.3. The number of hydrogen-bond acceptors (Lipinski definition) is 4. The highest BCUT2D eigenvalue weighted by atomic mass is 32.1. The fraction of sp³-hybridized carbons (Fsp3) is 0.625. The smallest absolute Gasteiger partial charge is 0.307 e. The van der Waals surface area contributed by atoms with Crippen molar-refractivity contribution in [3.05, 3.63) is 27.2 Å². The number of aryl methyl sites for hydroxylation is 1. The Kier molecular flexibility index (Phi) is 6.51. The monoisotopic (exact) mass is 444 g/mol. The summed E-state index contributed by atoms with van der Waals surface area (Å²) >= 11 is 1.49. The zero-order chi connectivity index (χ0) is 22.1. The molecule has 7 heteroatoms. The maximum atomic E-state index is 13.2. The SMILES string of the molecule is CC1=C(C)C[C@H](C(=O)Nc2sc3c(c2C(=O)NC2CCCCC2)CCC3)[C@@H](C(=O)O)C1. The number of carbonyl (C=O) groups is 3. The third kappa shape index (κ3) is 4.56. The Bertz CT molecular complexity index is 926. The molecule has 6 nitrogen and oxygen atoms in total. The molecule has 31 heavy (non-hydrogen) atoms. The quantitative estimate of drug-likeness (QED) is 0.574. The van der Waals surface area contributed by atoms with Crippen LogP contribution in [0, 0.1) is 11.8 Å². The molecule has 2 atom stereocenters. The molecule has 0 aliphatic heterocycles. The minimum absolute atomic E-state index is 0.0908. The minimum Gasteiger partial charge on any atom is -0.481 e. The molecule has 2 amide bonds. The standard InChI is InChI=1S/C24H32N2O4S/c1-13-11-17(18(24(29)30)12-14(13)2)21(27)26-23-20(16-9-6-10-19(16)31-23)22(28)25-15-7-4-3-5-8-15/h15,17-18H,3-12H2,1-2H3,(H,25,28)(H,26,27)(H,29,30)/t17-,18-/m0/s1. The van der Waals surface area contributed by atoms with Crippen molar-refractivity contribution >= 4 is 34.1 Å². The van der Waals surface area contributed by atoms with E-state index in [2.05, 4.69) is 10.6 Å². The highest BCUT2D eigenvalue weighted by Gasteiger charge is 2.38. The molecule has 1 heterocycles. The number of hydrogen-bond donors (Lipinski definition) is 3. The van der Waals surface area contributed by atoms with E-state index < -0.39 is 17.8 Å². The molecule has 1 fully saturated rings. The van der Waals surface area contributed by atoms with Gasteiger partial charge in [-0.25, -0.2) is 0 Å². The van der Waals surface area contributed by atoms with Crippen LogP contribution in [-0.2, 0) is 22.4 Å². The van der Waals surface area contributed by atoms with E-state index in [4.69, 9.17) is 0 Å². The van der Waals surface area contributed by atoms with Crippen LogP contribution < -0.4 is 10.6 Å². The van der Waals surface area contributed by atoms with Crippen LogP contribution in [0.1, 0.15) is 86.0 Å². The Hall–Kier alpha value is -2.15. The zero-order valence-electron chi connectivity index (χ0n) is 18.4. The summed E-state index contributed by atoms with van der Waals surface area (Å²) in [5, 5.41) is 16.5. The lowest BCUT2D eigenvalue weighted by Crippen LogP contribution is -2.38. The summed E-state index contributed by atoms with van der Waals surface area (Å²) in [7, 11) is 0. The fourth-order valence-corrected chi connectivity index (χ4v) is 6.56. The van der Waals surface area contributed by atoms with Gasteiger partial charge in [-0.2, -0.15) is 0 Å². The number of anilines is 1. The number of thiophene rings is 1. The first kappa shape index (κ1) is 22.1. The van der Waals surface area contributed by atoms with E-state index in [1.54, 1.807) is 0 Å². The molecule has 168 valence electrons. The Balaban J connectivity index is 1.56. The second-order valence-electron chi connectivity index (χ2n) is 9.38. The van der Waals surface area contributed by atoms with Crippen LogP contribution in [0.25, 0.3) is 0 Å². The van der Waals surface area contributed by atoms with Gasteiger partial charge in [0.25, 0.3) is 5.91 Å². The van der Waals surface area contributed by atoms with E-state index in [0.717, 1.165) is 61.7 Å². The van der Waals surface area contributed by atoms with E-state index in [1.165, 1.54) is 22.6 Å². The van der Waals surface area contributed by atoms with Crippen LogP contribution in [0.5, 0.6) is 0 Å². The van der Waals surface area contributed by atoms with E-state index in [9.17, 15) is 19.5 Å². The van der Waals surface area contributed by atoms with Crippen molar-refractivity contribution in [2.45, 2.75) is 84.1 Å². The summed E-state index contributed by atoms with van der Waals surface area (Å²) in [5.74, 6) is -2.66. The third-order valence-corrected chi connectivity index (χ3v) is 8.45. The number of carboxylic acid groups (broad SMARTS) is 1. The molecule has 0 radical (unpaired) electrons. The predicted octanol–water partition coefficient (Wildman–Crippen LogP) is 4.69. The van der Waals surface area contributed by atoms with Crippen molar-refractivity contribution in [3.63, 3.8) is 0 Å². The Morgan fingerprint density at radius 3 is 2.29 bits per heavy atom. The molecule has 0 aromatic carbocycles. The van der Waals surface area contributed by atoms with Gasteiger partial charge in [-0.05, 0) is 64.4 Å². The number of carboxylic acids is 1. The highest BCUT2D eigenvalue weighted by Crippen LogP contribution is 2.41. The lowest BCUT2D eigenvalue weighted by molar-refractivity contribution is -0.146. The van der Waals surface area contributed by atoms with Gasteiger partial charge in [-0.15, -0.1) is 11.3 Å². The lowest BCUT2D eigenvalue weighted by atomic mass is 9.76. The zero-order valence-corrected chi connectivity index (χ0v) is 19.2. The molecule has 1 aromatic rings. The van der Waals surface area contributed by atoms with Crippen molar-refractivity contribution in [2.24, 2.45) is 11.8 Å².